The minimum Gasteiger partial charge on any atom is -0.481 e. The fourth-order valence-corrected chi connectivity index (χ4v) is 11.3. The lowest BCUT2D eigenvalue weighted by molar-refractivity contribution is -0.399. The van der Waals surface area contributed by atoms with Crippen LogP contribution < -0.4 is 0 Å². The van der Waals surface area contributed by atoms with Crippen LogP contribution in [-0.4, -0.2) is 28.6 Å². The maximum absolute atomic E-state index is 12.3. The number of fused-ring (bicyclic) bond motifs is 7. The Hall–Kier alpha value is -0.870. The zero-order valence-corrected chi connectivity index (χ0v) is 22.2. The van der Waals surface area contributed by atoms with Gasteiger partial charge in [-0.05, 0) is 91.3 Å². The number of carboxylic acids is 1. The van der Waals surface area contributed by atoms with Crippen molar-refractivity contribution in [1.82, 2.24) is 0 Å². The highest BCUT2D eigenvalue weighted by Crippen LogP contribution is 2.77. The van der Waals surface area contributed by atoms with Gasteiger partial charge >= 0.3 is 5.97 Å². The summed E-state index contributed by atoms with van der Waals surface area (Å²) in [6.07, 6.45) is 12.1. The van der Waals surface area contributed by atoms with Crippen LogP contribution in [0.1, 0.15) is 99.3 Å². The average Bonchev–Trinajstić information content (AvgIpc) is 2.74. The first-order valence-corrected chi connectivity index (χ1v) is 14.0. The third kappa shape index (κ3) is 2.61. The maximum Gasteiger partial charge on any atom is 0.307 e. The molecule has 0 aromatic rings. The SMILES string of the molecule is CC1(C)C=C2C(CCC3(C)C2CCC2C45CCC(O)(OC4)C(C)(C)C5CCC23C)C(C(=O)O)C1. The largest absolute Gasteiger partial charge is 0.481 e. The van der Waals surface area contributed by atoms with Gasteiger partial charge in [0.2, 0.25) is 0 Å². The molecular weight excluding hydrogens is 424 g/mol. The van der Waals surface area contributed by atoms with Crippen molar-refractivity contribution in [3.63, 3.8) is 0 Å². The number of carboxylic acid groups (broad SMARTS) is 1. The Morgan fingerprint density at radius 2 is 1.62 bits per heavy atom. The molecule has 4 saturated carbocycles. The summed E-state index contributed by atoms with van der Waals surface area (Å²) in [5, 5.41) is 21.5. The van der Waals surface area contributed by atoms with E-state index in [-0.39, 0.29) is 38.9 Å². The lowest BCUT2D eigenvalue weighted by Gasteiger charge is -2.75. The van der Waals surface area contributed by atoms with Gasteiger partial charge in [-0.25, -0.2) is 0 Å². The fourth-order valence-electron chi connectivity index (χ4n) is 11.3. The van der Waals surface area contributed by atoms with E-state index >= 15 is 0 Å². The van der Waals surface area contributed by atoms with Gasteiger partial charge in [-0.1, -0.05) is 53.2 Å². The van der Waals surface area contributed by atoms with E-state index in [2.05, 4.69) is 47.6 Å². The van der Waals surface area contributed by atoms with Crippen LogP contribution in [0.2, 0.25) is 0 Å². The molecule has 7 rings (SSSR count). The first-order valence-electron chi connectivity index (χ1n) is 14.0. The Balaban J connectivity index is 1.41. The zero-order valence-electron chi connectivity index (χ0n) is 22.2. The summed E-state index contributed by atoms with van der Waals surface area (Å²) in [5.41, 5.74) is 1.85. The summed E-state index contributed by atoms with van der Waals surface area (Å²) in [4.78, 5) is 12.3. The first kappa shape index (κ1) is 23.5. The van der Waals surface area contributed by atoms with Gasteiger partial charge in [0.1, 0.15) is 0 Å². The molecule has 2 heterocycles. The quantitative estimate of drug-likeness (QED) is 0.434. The van der Waals surface area contributed by atoms with E-state index in [1.807, 2.05) is 0 Å². The van der Waals surface area contributed by atoms with Crippen molar-refractivity contribution in [2.24, 2.45) is 56.7 Å². The van der Waals surface area contributed by atoms with Gasteiger partial charge in [-0.15, -0.1) is 0 Å². The second-order valence-electron chi connectivity index (χ2n) is 15.1. The van der Waals surface area contributed by atoms with Crippen LogP contribution in [0.5, 0.6) is 0 Å². The normalized spacial score (nSPS) is 54.7. The average molecular weight is 471 g/mol. The molecule has 4 nitrogen and oxygen atoms in total. The molecule has 0 aromatic heterocycles. The van der Waals surface area contributed by atoms with Crippen molar-refractivity contribution in [3.8, 4) is 0 Å². The molecule has 2 N–H and O–H groups in total. The van der Waals surface area contributed by atoms with Gasteiger partial charge in [0.25, 0.3) is 0 Å². The van der Waals surface area contributed by atoms with Gasteiger partial charge in [-0.2, -0.15) is 0 Å². The van der Waals surface area contributed by atoms with Crippen LogP contribution in [0.15, 0.2) is 11.6 Å². The van der Waals surface area contributed by atoms with Crippen molar-refractivity contribution in [3.05, 3.63) is 11.6 Å². The molecule has 9 atom stereocenters. The number of rotatable bonds is 1. The van der Waals surface area contributed by atoms with Crippen LogP contribution >= 0.6 is 0 Å². The molecule has 9 unspecified atom stereocenters. The van der Waals surface area contributed by atoms with Crippen molar-refractivity contribution in [1.29, 1.82) is 0 Å². The van der Waals surface area contributed by atoms with Crippen LogP contribution in [0.4, 0.5) is 0 Å². The topological polar surface area (TPSA) is 66.8 Å². The van der Waals surface area contributed by atoms with Crippen molar-refractivity contribution in [2.75, 3.05) is 6.61 Å². The molecule has 2 aliphatic heterocycles. The Bertz CT molecular complexity index is 937. The van der Waals surface area contributed by atoms with Crippen molar-refractivity contribution in [2.45, 2.75) is 105 Å². The van der Waals surface area contributed by atoms with Gasteiger partial charge in [0.05, 0.1) is 12.5 Å². The first-order chi connectivity index (χ1) is 15.7. The highest BCUT2D eigenvalue weighted by molar-refractivity contribution is 5.71. The van der Waals surface area contributed by atoms with Crippen LogP contribution in [0.3, 0.4) is 0 Å². The summed E-state index contributed by atoms with van der Waals surface area (Å²) < 4.78 is 6.34. The third-order valence-electron chi connectivity index (χ3n) is 13.2. The number of aliphatic carboxylic acids is 1. The number of allylic oxidation sites excluding steroid dienone is 2. The highest BCUT2D eigenvalue weighted by Gasteiger charge is 2.74. The molecular formula is C30H46O4. The smallest absolute Gasteiger partial charge is 0.307 e. The Morgan fingerprint density at radius 3 is 2.26 bits per heavy atom. The van der Waals surface area contributed by atoms with E-state index in [9.17, 15) is 15.0 Å². The second-order valence-corrected chi connectivity index (χ2v) is 15.1. The van der Waals surface area contributed by atoms with Gasteiger partial charge in [0.15, 0.2) is 5.79 Å². The molecule has 190 valence electrons. The fraction of sp³-hybridized carbons (Fsp3) is 0.900. The molecule has 2 bridgehead atoms. The molecule has 5 aliphatic carbocycles. The molecule has 2 saturated heterocycles. The van der Waals surface area contributed by atoms with E-state index in [1.54, 1.807) is 0 Å². The molecule has 6 fully saturated rings. The highest BCUT2D eigenvalue weighted by atomic mass is 16.6. The maximum atomic E-state index is 12.3. The van der Waals surface area contributed by atoms with E-state index in [1.165, 1.54) is 31.3 Å². The number of carbonyl (C=O) groups is 1. The predicted molar refractivity (Wildman–Crippen MR) is 132 cm³/mol. The Morgan fingerprint density at radius 1 is 0.912 bits per heavy atom. The monoisotopic (exact) mass is 470 g/mol. The Kier molecular flexibility index (Phi) is 4.64. The van der Waals surface area contributed by atoms with Crippen molar-refractivity contribution >= 4 is 5.97 Å². The molecule has 0 radical (unpaired) electrons. The van der Waals surface area contributed by atoms with E-state index in [0.717, 1.165) is 38.7 Å². The predicted octanol–water partition coefficient (Wildman–Crippen LogP) is 6.43. The lowest BCUT2D eigenvalue weighted by Crippen LogP contribution is -2.73. The van der Waals surface area contributed by atoms with Gasteiger partial charge in [-0.3, -0.25) is 4.79 Å². The van der Waals surface area contributed by atoms with Crippen LogP contribution in [0, 0.1) is 56.7 Å². The van der Waals surface area contributed by atoms with E-state index < -0.39 is 11.8 Å². The second kappa shape index (κ2) is 6.71. The molecule has 1 spiro atoms. The van der Waals surface area contributed by atoms with E-state index in [0.29, 0.717) is 17.8 Å². The summed E-state index contributed by atoms with van der Waals surface area (Å²) in [6, 6.07) is 0. The van der Waals surface area contributed by atoms with Gasteiger partial charge < -0.3 is 14.9 Å². The lowest BCUT2D eigenvalue weighted by atomic mass is 9.32. The minimum atomic E-state index is -0.962. The summed E-state index contributed by atoms with van der Waals surface area (Å²) >= 11 is 0. The minimum absolute atomic E-state index is 0.0453. The summed E-state index contributed by atoms with van der Waals surface area (Å²) in [7, 11) is 0. The number of hydrogen-bond donors (Lipinski definition) is 2. The summed E-state index contributed by atoms with van der Waals surface area (Å²) in [5.74, 6) is 0.0708. The number of aliphatic hydroxyl groups is 1. The molecule has 34 heavy (non-hydrogen) atoms. The van der Waals surface area contributed by atoms with E-state index in [4.69, 9.17) is 4.74 Å². The molecule has 0 amide bonds. The van der Waals surface area contributed by atoms with Crippen LogP contribution in [-0.2, 0) is 9.53 Å². The molecule has 7 aliphatic rings. The van der Waals surface area contributed by atoms with Crippen LogP contribution in [0.25, 0.3) is 0 Å². The third-order valence-corrected chi connectivity index (χ3v) is 13.2. The zero-order chi connectivity index (χ0) is 24.5. The molecule has 0 aromatic carbocycles. The number of hydrogen-bond acceptors (Lipinski definition) is 3. The summed E-state index contributed by atoms with van der Waals surface area (Å²) in [6.45, 7) is 14.9. The van der Waals surface area contributed by atoms with Crippen molar-refractivity contribution < 1.29 is 19.7 Å². The molecule has 4 heteroatoms. The van der Waals surface area contributed by atoms with Gasteiger partial charge in [0, 0.05) is 17.3 Å². The standard InChI is InChI=1S/C30H46O4/c1-25(2)15-19-18(20(16-25)24(31)32)9-11-27(5)21(19)7-8-23-28(27,6)12-10-22-26(3,4)30(33)14-13-29(22,23)17-34-30/h15,18,20-23,33H,7-14,16-17H2,1-6H3,(H,31,32). The Labute approximate surface area is 205 Å². The number of ether oxygens (including phenoxy) is 1.